The fourth-order valence-corrected chi connectivity index (χ4v) is 1.76. The topological polar surface area (TPSA) is 55.6 Å². The van der Waals surface area contributed by atoms with Gasteiger partial charge in [-0.15, -0.1) is 0 Å². The number of hydrogen-bond acceptors (Lipinski definition) is 3. The van der Waals surface area contributed by atoms with Crippen LogP contribution in [0.25, 0.3) is 0 Å². The van der Waals surface area contributed by atoms with Crippen LogP contribution in [0.15, 0.2) is 18.2 Å². The predicted molar refractivity (Wildman–Crippen MR) is 72.6 cm³/mol. The predicted octanol–water partition coefficient (Wildman–Crippen LogP) is 1.57. The van der Waals surface area contributed by atoms with E-state index in [0.717, 1.165) is 6.42 Å². The van der Waals surface area contributed by atoms with E-state index in [-0.39, 0.29) is 11.7 Å². The van der Waals surface area contributed by atoms with Gasteiger partial charge < -0.3 is 15.4 Å². The molecule has 106 valence electrons. The molecule has 2 N–H and O–H groups in total. The lowest BCUT2D eigenvalue weighted by molar-refractivity contribution is 0.0694. The van der Waals surface area contributed by atoms with Crippen LogP contribution in [-0.4, -0.2) is 44.2 Å². The van der Waals surface area contributed by atoms with Crippen LogP contribution < -0.4 is 5.73 Å². The molecule has 0 saturated heterocycles. The number of benzene rings is 1. The quantitative estimate of drug-likeness (QED) is 0.816. The van der Waals surface area contributed by atoms with E-state index in [1.165, 1.54) is 12.1 Å². The molecule has 19 heavy (non-hydrogen) atoms. The van der Waals surface area contributed by atoms with Gasteiger partial charge in [0.05, 0.1) is 6.61 Å². The first-order valence-electron chi connectivity index (χ1n) is 6.34. The Balaban J connectivity index is 2.81. The Bertz CT molecular complexity index is 416. The van der Waals surface area contributed by atoms with Crippen LogP contribution in [-0.2, 0) is 4.74 Å². The van der Waals surface area contributed by atoms with Crippen LogP contribution in [0.4, 0.5) is 4.39 Å². The number of hydrogen-bond donors (Lipinski definition) is 1. The number of nitrogens with two attached hydrogens (primary N) is 1. The van der Waals surface area contributed by atoms with Crippen molar-refractivity contribution < 1.29 is 13.9 Å². The summed E-state index contributed by atoms with van der Waals surface area (Å²) in [5, 5.41) is 0. The first-order valence-corrected chi connectivity index (χ1v) is 6.34. The van der Waals surface area contributed by atoms with Crippen LogP contribution >= 0.6 is 0 Å². The summed E-state index contributed by atoms with van der Waals surface area (Å²) >= 11 is 0. The third kappa shape index (κ3) is 4.61. The summed E-state index contributed by atoms with van der Waals surface area (Å²) in [5.41, 5.74) is 6.43. The molecule has 1 amide bonds. The maximum Gasteiger partial charge on any atom is 0.253 e. The summed E-state index contributed by atoms with van der Waals surface area (Å²) in [5.74, 6) is -0.421. The second-order valence-corrected chi connectivity index (χ2v) is 4.39. The zero-order valence-electron chi connectivity index (χ0n) is 11.5. The number of ether oxygens (including phenoxy) is 1. The van der Waals surface area contributed by atoms with Crippen LogP contribution in [0.3, 0.4) is 0 Å². The van der Waals surface area contributed by atoms with Gasteiger partial charge in [-0.25, -0.2) is 4.39 Å². The van der Waals surface area contributed by atoms with Crippen molar-refractivity contribution in [2.45, 2.75) is 13.3 Å². The lowest BCUT2D eigenvalue weighted by Crippen LogP contribution is -2.35. The molecule has 5 heteroatoms. The van der Waals surface area contributed by atoms with E-state index in [0.29, 0.717) is 37.4 Å². The minimum Gasteiger partial charge on any atom is -0.383 e. The van der Waals surface area contributed by atoms with Gasteiger partial charge in [-0.3, -0.25) is 4.79 Å². The average Bonchev–Trinajstić information content (AvgIpc) is 2.41. The molecule has 0 atom stereocenters. The van der Waals surface area contributed by atoms with Crippen molar-refractivity contribution >= 4 is 5.91 Å². The summed E-state index contributed by atoms with van der Waals surface area (Å²) in [6.45, 7) is 3.72. The van der Waals surface area contributed by atoms with Crippen LogP contribution in [0.2, 0.25) is 0 Å². The molecule has 0 aliphatic carbocycles. The Kier molecular flexibility index (Phi) is 6.45. The maximum absolute atomic E-state index is 13.2. The second kappa shape index (κ2) is 7.86. The summed E-state index contributed by atoms with van der Waals surface area (Å²) in [6, 6.07) is 4.40. The van der Waals surface area contributed by atoms with Gasteiger partial charge in [-0.1, -0.05) is 0 Å². The SMILES string of the molecule is COCCN(CCCN)C(=O)c1ccc(F)c(C)c1. The Hall–Kier alpha value is -1.46. The molecule has 0 fully saturated rings. The van der Waals surface area contributed by atoms with Gasteiger partial charge in [0.2, 0.25) is 0 Å². The molecule has 0 spiro atoms. The normalized spacial score (nSPS) is 10.5. The molecule has 1 aromatic carbocycles. The Labute approximate surface area is 113 Å². The third-order valence-electron chi connectivity index (χ3n) is 2.89. The summed E-state index contributed by atoms with van der Waals surface area (Å²) in [4.78, 5) is 14.0. The van der Waals surface area contributed by atoms with E-state index in [4.69, 9.17) is 10.5 Å². The van der Waals surface area contributed by atoms with Gasteiger partial charge in [0.25, 0.3) is 5.91 Å². The van der Waals surface area contributed by atoms with Gasteiger partial charge in [-0.2, -0.15) is 0 Å². The van der Waals surface area contributed by atoms with Crippen molar-refractivity contribution in [3.05, 3.63) is 35.1 Å². The first kappa shape index (κ1) is 15.6. The zero-order valence-corrected chi connectivity index (χ0v) is 11.5. The summed E-state index contributed by atoms with van der Waals surface area (Å²) < 4.78 is 18.2. The molecule has 0 heterocycles. The number of rotatable bonds is 7. The third-order valence-corrected chi connectivity index (χ3v) is 2.89. The van der Waals surface area contributed by atoms with E-state index < -0.39 is 0 Å². The van der Waals surface area contributed by atoms with Gasteiger partial charge in [-0.05, 0) is 43.7 Å². The zero-order chi connectivity index (χ0) is 14.3. The molecule has 0 saturated carbocycles. The van der Waals surface area contributed by atoms with Crippen molar-refractivity contribution in [3.63, 3.8) is 0 Å². The number of methoxy groups -OCH3 is 1. The standard InChI is InChI=1S/C14H21FN2O2/c1-11-10-12(4-5-13(11)15)14(18)17(7-3-6-16)8-9-19-2/h4-5,10H,3,6-9,16H2,1-2H3. The highest BCUT2D eigenvalue weighted by atomic mass is 19.1. The summed E-state index contributed by atoms with van der Waals surface area (Å²) in [6.07, 6.45) is 0.732. The van der Waals surface area contributed by atoms with Gasteiger partial charge in [0, 0.05) is 25.8 Å². The molecule has 0 aliphatic rings. The van der Waals surface area contributed by atoms with Gasteiger partial charge in [0.1, 0.15) is 5.82 Å². The number of nitrogens with zero attached hydrogens (tertiary/aromatic N) is 1. The van der Waals surface area contributed by atoms with Crippen LogP contribution in [0.5, 0.6) is 0 Å². The molecule has 4 nitrogen and oxygen atoms in total. The van der Waals surface area contributed by atoms with Crippen LogP contribution in [0.1, 0.15) is 22.3 Å². The highest BCUT2D eigenvalue weighted by molar-refractivity contribution is 5.94. The molecule has 0 aromatic heterocycles. The van der Waals surface area contributed by atoms with E-state index in [2.05, 4.69) is 0 Å². The molecule has 0 radical (unpaired) electrons. The fraction of sp³-hybridized carbons (Fsp3) is 0.500. The van der Waals surface area contributed by atoms with Crippen molar-refractivity contribution in [1.82, 2.24) is 4.90 Å². The maximum atomic E-state index is 13.2. The molecular formula is C14H21FN2O2. The van der Waals surface area contributed by atoms with Crippen molar-refractivity contribution in [2.24, 2.45) is 5.73 Å². The van der Waals surface area contributed by atoms with Crippen molar-refractivity contribution in [3.8, 4) is 0 Å². The Morgan fingerprint density at radius 1 is 1.42 bits per heavy atom. The Morgan fingerprint density at radius 3 is 2.74 bits per heavy atom. The van der Waals surface area contributed by atoms with E-state index in [1.54, 1.807) is 25.0 Å². The van der Waals surface area contributed by atoms with Crippen molar-refractivity contribution in [1.29, 1.82) is 0 Å². The number of amides is 1. The highest BCUT2D eigenvalue weighted by Crippen LogP contribution is 2.12. The largest absolute Gasteiger partial charge is 0.383 e. The molecule has 1 aromatic rings. The lowest BCUT2D eigenvalue weighted by Gasteiger charge is -2.22. The van der Waals surface area contributed by atoms with E-state index in [1.807, 2.05) is 0 Å². The van der Waals surface area contributed by atoms with E-state index >= 15 is 0 Å². The molecule has 1 rings (SSSR count). The first-order chi connectivity index (χ1) is 9.10. The van der Waals surface area contributed by atoms with Crippen LogP contribution in [0, 0.1) is 12.7 Å². The second-order valence-electron chi connectivity index (χ2n) is 4.39. The molecular weight excluding hydrogens is 247 g/mol. The van der Waals surface area contributed by atoms with Gasteiger partial charge >= 0.3 is 0 Å². The fourth-order valence-electron chi connectivity index (χ4n) is 1.76. The number of carbonyl (C=O) groups is 1. The van der Waals surface area contributed by atoms with Crippen molar-refractivity contribution in [2.75, 3.05) is 33.4 Å². The molecule has 0 unspecified atom stereocenters. The highest BCUT2D eigenvalue weighted by Gasteiger charge is 2.15. The smallest absolute Gasteiger partial charge is 0.253 e. The molecule has 0 aliphatic heterocycles. The van der Waals surface area contributed by atoms with E-state index in [9.17, 15) is 9.18 Å². The molecule has 0 bridgehead atoms. The van der Waals surface area contributed by atoms with Gasteiger partial charge in [0.15, 0.2) is 0 Å². The monoisotopic (exact) mass is 268 g/mol. The summed E-state index contributed by atoms with van der Waals surface area (Å²) in [7, 11) is 1.59. The minimum atomic E-state index is -0.304. The minimum absolute atomic E-state index is 0.117. The lowest BCUT2D eigenvalue weighted by atomic mass is 10.1. The number of halogens is 1. The number of aryl methyl sites for hydroxylation is 1. The number of carbonyl (C=O) groups excluding carboxylic acids is 1. The Morgan fingerprint density at radius 2 is 2.16 bits per heavy atom. The average molecular weight is 268 g/mol.